The Kier molecular flexibility index (Phi) is 6.98. The van der Waals surface area contributed by atoms with Gasteiger partial charge in [-0.3, -0.25) is 0 Å². The number of halogens is 1. The maximum absolute atomic E-state index is 6.25. The van der Waals surface area contributed by atoms with E-state index in [1.807, 2.05) is 12.1 Å². The van der Waals surface area contributed by atoms with Gasteiger partial charge >= 0.3 is 0 Å². The largest absolute Gasteiger partial charge is 0.493 e. The third kappa shape index (κ3) is 4.80. The highest BCUT2D eigenvalue weighted by Gasteiger charge is 2.18. The van der Waals surface area contributed by atoms with Gasteiger partial charge in [-0.2, -0.15) is 0 Å². The average Bonchev–Trinajstić information content (AvgIpc) is 2.67. The molecule has 1 N–H and O–H groups in total. The lowest BCUT2D eigenvalue weighted by Crippen LogP contribution is -2.30. The second kappa shape index (κ2) is 9.43. The molecule has 0 unspecified atom stereocenters. The monoisotopic (exact) mass is 417 g/mol. The number of aryl methyl sites for hydroxylation is 1. The molecule has 2 aromatic rings. The van der Waals surface area contributed by atoms with E-state index in [2.05, 4.69) is 52.4 Å². The Labute approximate surface area is 165 Å². The lowest BCUT2D eigenvalue weighted by atomic mass is 9.95. The predicted octanol–water partition coefficient (Wildman–Crippen LogP) is 5.77. The van der Waals surface area contributed by atoms with Crippen LogP contribution in [0, 0.1) is 6.92 Å². The molecule has 140 valence electrons. The number of rotatable bonds is 7. The molecule has 1 saturated carbocycles. The fourth-order valence-electron chi connectivity index (χ4n) is 3.54. The van der Waals surface area contributed by atoms with Gasteiger partial charge in [0, 0.05) is 22.6 Å². The molecule has 1 aliphatic rings. The number of ether oxygens (including phenoxy) is 2. The molecule has 3 nitrogen and oxygen atoms in total. The van der Waals surface area contributed by atoms with Crippen LogP contribution >= 0.6 is 15.9 Å². The Morgan fingerprint density at radius 3 is 2.58 bits per heavy atom. The van der Waals surface area contributed by atoms with Crippen molar-refractivity contribution in [1.29, 1.82) is 0 Å². The van der Waals surface area contributed by atoms with Gasteiger partial charge in [0.25, 0.3) is 0 Å². The first kappa shape index (κ1) is 19.2. The highest BCUT2D eigenvalue weighted by molar-refractivity contribution is 9.10. The van der Waals surface area contributed by atoms with E-state index in [0.717, 1.165) is 28.1 Å². The Balaban J connectivity index is 1.77. The first-order valence-electron chi connectivity index (χ1n) is 9.45. The molecule has 0 radical (unpaired) electrons. The molecule has 0 spiro atoms. The van der Waals surface area contributed by atoms with E-state index in [0.29, 0.717) is 12.6 Å². The summed E-state index contributed by atoms with van der Waals surface area (Å²) in [7, 11) is 1.70. The summed E-state index contributed by atoms with van der Waals surface area (Å²) < 4.78 is 12.9. The van der Waals surface area contributed by atoms with Crippen LogP contribution in [0.25, 0.3) is 0 Å². The molecule has 26 heavy (non-hydrogen) atoms. The third-order valence-electron chi connectivity index (χ3n) is 5.19. The maximum atomic E-state index is 6.25. The van der Waals surface area contributed by atoms with Crippen molar-refractivity contribution in [2.24, 2.45) is 0 Å². The van der Waals surface area contributed by atoms with Crippen LogP contribution in [-0.4, -0.2) is 13.2 Å². The molecular formula is C22H28BrNO2. The van der Waals surface area contributed by atoms with Gasteiger partial charge in [-0.25, -0.2) is 0 Å². The molecule has 0 atom stereocenters. The van der Waals surface area contributed by atoms with Crippen LogP contribution in [0.5, 0.6) is 11.5 Å². The Bertz CT molecular complexity index is 726. The number of benzene rings is 2. The lowest BCUT2D eigenvalue weighted by molar-refractivity contribution is 0.278. The van der Waals surface area contributed by atoms with Gasteiger partial charge in [0.15, 0.2) is 11.5 Å². The van der Waals surface area contributed by atoms with Crippen LogP contribution in [-0.2, 0) is 13.2 Å². The van der Waals surface area contributed by atoms with Gasteiger partial charge < -0.3 is 14.8 Å². The summed E-state index contributed by atoms with van der Waals surface area (Å²) in [5.41, 5.74) is 3.56. The van der Waals surface area contributed by atoms with E-state index in [9.17, 15) is 0 Å². The van der Waals surface area contributed by atoms with Crippen molar-refractivity contribution in [3.8, 4) is 11.5 Å². The van der Waals surface area contributed by atoms with E-state index < -0.39 is 0 Å². The zero-order chi connectivity index (χ0) is 18.4. The highest BCUT2D eigenvalue weighted by Crippen LogP contribution is 2.37. The van der Waals surface area contributed by atoms with Crippen molar-refractivity contribution < 1.29 is 9.47 Å². The van der Waals surface area contributed by atoms with E-state index in [1.165, 1.54) is 43.2 Å². The molecule has 3 rings (SSSR count). The van der Waals surface area contributed by atoms with Crippen molar-refractivity contribution in [1.82, 2.24) is 5.32 Å². The van der Waals surface area contributed by atoms with Gasteiger partial charge in [-0.05, 0) is 43.0 Å². The molecule has 0 aliphatic heterocycles. The van der Waals surface area contributed by atoms with Gasteiger partial charge in [0.2, 0.25) is 0 Å². The number of hydrogen-bond acceptors (Lipinski definition) is 3. The fraction of sp³-hybridized carbons (Fsp3) is 0.455. The molecule has 0 heterocycles. The van der Waals surface area contributed by atoms with Crippen LogP contribution in [0.3, 0.4) is 0 Å². The molecule has 4 heteroatoms. The fourth-order valence-corrected chi connectivity index (χ4v) is 3.99. The summed E-state index contributed by atoms with van der Waals surface area (Å²) in [5.74, 6) is 1.61. The second-order valence-electron chi connectivity index (χ2n) is 6.99. The summed E-state index contributed by atoms with van der Waals surface area (Å²) in [4.78, 5) is 0. The van der Waals surface area contributed by atoms with Crippen molar-refractivity contribution >= 4 is 15.9 Å². The Morgan fingerprint density at radius 1 is 1.08 bits per heavy atom. The molecule has 0 amide bonds. The average molecular weight is 418 g/mol. The second-order valence-corrected chi connectivity index (χ2v) is 7.84. The van der Waals surface area contributed by atoms with Crippen LogP contribution in [0.2, 0.25) is 0 Å². The van der Waals surface area contributed by atoms with Crippen LogP contribution < -0.4 is 14.8 Å². The minimum atomic E-state index is 0.538. The van der Waals surface area contributed by atoms with Gasteiger partial charge in [-0.15, -0.1) is 0 Å². The minimum absolute atomic E-state index is 0.538. The van der Waals surface area contributed by atoms with Crippen LogP contribution in [0.1, 0.15) is 48.8 Å². The van der Waals surface area contributed by atoms with Crippen LogP contribution in [0.15, 0.2) is 40.9 Å². The summed E-state index contributed by atoms with van der Waals surface area (Å²) >= 11 is 3.70. The highest BCUT2D eigenvalue weighted by atomic mass is 79.9. The number of hydrogen-bond donors (Lipinski definition) is 1. The molecular weight excluding hydrogens is 390 g/mol. The number of nitrogens with one attached hydrogen (secondary N) is 1. The standard InChI is InChI=1S/C22H28BrNO2/c1-16-8-6-7-9-17(16)15-26-22-19(20(23)12-13-21(22)25-2)14-24-18-10-4-3-5-11-18/h6-9,12-13,18,24H,3-5,10-11,14-15H2,1-2H3. The minimum Gasteiger partial charge on any atom is -0.493 e. The van der Waals surface area contributed by atoms with Crippen molar-refractivity contribution in [3.05, 3.63) is 57.6 Å². The summed E-state index contributed by atoms with van der Waals surface area (Å²) in [5, 5.41) is 3.71. The molecule has 0 bridgehead atoms. The first-order chi connectivity index (χ1) is 12.7. The Morgan fingerprint density at radius 2 is 1.85 bits per heavy atom. The van der Waals surface area contributed by atoms with E-state index in [-0.39, 0.29) is 0 Å². The molecule has 1 fully saturated rings. The summed E-state index contributed by atoms with van der Waals surface area (Å²) in [6.45, 7) is 3.43. The zero-order valence-electron chi connectivity index (χ0n) is 15.7. The quantitative estimate of drug-likeness (QED) is 0.620. The van der Waals surface area contributed by atoms with E-state index >= 15 is 0 Å². The van der Waals surface area contributed by atoms with Crippen molar-refractivity contribution in [2.75, 3.05) is 7.11 Å². The third-order valence-corrected chi connectivity index (χ3v) is 5.94. The molecule has 2 aromatic carbocycles. The molecule has 1 aliphatic carbocycles. The van der Waals surface area contributed by atoms with Crippen LogP contribution in [0.4, 0.5) is 0 Å². The molecule has 0 aromatic heterocycles. The predicted molar refractivity (Wildman–Crippen MR) is 110 cm³/mol. The van der Waals surface area contributed by atoms with Gasteiger partial charge in [0.05, 0.1) is 7.11 Å². The summed E-state index contributed by atoms with van der Waals surface area (Å²) in [6, 6.07) is 12.9. The Hall–Kier alpha value is -1.52. The van der Waals surface area contributed by atoms with E-state index in [4.69, 9.17) is 9.47 Å². The van der Waals surface area contributed by atoms with Gasteiger partial charge in [-0.1, -0.05) is 59.5 Å². The summed E-state index contributed by atoms with van der Waals surface area (Å²) in [6.07, 6.45) is 6.55. The first-order valence-corrected chi connectivity index (χ1v) is 10.2. The van der Waals surface area contributed by atoms with Crippen molar-refractivity contribution in [3.63, 3.8) is 0 Å². The lowest BCUT2D eigenvalue weighted by Gasteiger charge is -2.24. The van der Waals surface area contributed by atoms with E-state index in [1.54, 1.807) is 7.11 Å². The van der Waals surface area contributed by atoms with Crippen molar-refractivity contribution in [2.45, 2.75) is 58.2 Å². The van der Waals surface area contributed by atoms with Gasteiger partial charge in [0.1, 0.15) is 6.61 Å². The smallest absolute Gasteiger partial charge is 0.167 e. The number of methoxy groups -OCH3 is 1. The molecule has 0 saturated heterocycles. The normalized spacial score (nSPS) is 15.0. The topological polar surface area (TPSA) is 30.5 Å². The SMILES string of the molecule is COc1ccc(Br)c(CNC2CCCCC2)c1OCc1ccccc1C. The maximum Gasteiger partial charge on any atom is 0.167 e. The zero-order valence-corrected chi connectivity index (χ0v) is 17.3.